The van der Waals surface area contributed by atoms with Gasteiger partial charge in [-0.15, -0.1) is 32.8 Å². The highest BCUT2D eigenvalue weighted by Gasteiger charge is 2.22. The van der Waals surface area contributed by atoms with Crippen LogP contribution in [0.3, 0.4) is 0 Å². The Morgan fingerprint density at radius 2 is 0.867 bits per heavy atom. The van der Waals surface area contributed by atoms with Crippen molar-refractivity contribution >= 4 is 177 Å². The number of fused-ring (bicyclic) bond motifs is 6. The largest absolute Gasteiger partial charge is 0.456 e. The molecule has 0 aliphatic carbocycles. The summed E-state index contributed by atoms with van der Waals surface area (Å²) in [5.74, 6) is 2.05. The van der Waals surface area contributed by atoms with Gasteiger partial charge < -0.3 is 8.98 Å². The topological polar surface area (TPSA) is 56.7 Å². The van der Waals surface area contributed by atoms with E-state index in [0.29, 0.717) is 17.5 Å². The third kappa shape index (κ3) is 5.80. The van der Waals surface area contributed by atoms with Crippen LogP contribution in [0.25, 0.3) is 94.7 Å². The minimum Gasteiger partial charge on any atom is -0.456 e. The van der Waals surface area contributed by atoms with Gasteiger partial charge in [0.15, 0.2) is 17.5 Å². The minimum atomic E-state index is 0.646. The fourth-order valence-electron chi connectivity index (χ4n) is 9.50. The van der Waals surface area contributed by atoms with E-state index in [-0.39, 0.29) is 0 Å². The molecule has 274 valence electrons. The maximum absolute atomic E-state index is 6.64. The number of furan rings is 1. The Morgan fingerprint density at radius 1 is 0.350 bits per heavy atom. The van der Waals surface area contributed by atoms with Gasteiger partial charge in [-0.3, -0.25) is 0 Å². The molecule has 60 heavy (non-hydrogen) atoms. The second kappa shape index (κ2) is 14.2. The van der Waals surface area contributed by atoms with Crippen LogP contribution in [0.15, 0.2) is 114 Å². The van der Waals surface area contributed by atoms with Crippen LogP contribution in [0.4, 0.5) is 0 Å². The molecule has 0 bridgehead atoms. The van der Waals surface area contributed by atoms with Crippen LogP contribution in [0.1, 0.15) is 0 Å². The van der Waals surface area contributed by atoms with E-state index < -0.39 is 0 Å². The number of nitrogens with zero attached hydrogens (tertiary/aromatic N) is 4. The molecule has 7 aromatic carbocycles. The third-order valence-electron chi connectivity index (χ3n) is 13.8. The molecule has 0 N–H and O–H groups in total. The molecule has 0 saturated heterocycles. The van der Waals surface area contributed by atoms with Crippen LogP contribution < -0.4 is 54.6 Å². The van der Waals surface area contributed by atoms with Crippen molar-refractivity contribution in [3.63, 3.8) is 0 Å². The highest BCUT2D eigenvalue weighted by atomic mass is 16.3. The molecule has 10 rings (SSSR count). The van der Waals surface area contributed by atoms with Crippen LogP contribution in [-0.2, 0) is 0 Å². The summed E-state index contributed by atoms with van der Waals surface area (Å²) in [5.41, 5.74) is 23.1. The molecular formula is C45H38B10N4O. The van der Waals surface area contributed by atoms with Crippen molar-refractivity contribution < 1.29 is 4.42 Å². The predicted molar refractivity (Wildman–Crippen MR) is 285 cm³/mol. The molecule has 0 amide bonds. The molecule has 10 aromatic rings. The van der Waals surface area contributed by atoms with Crippen molar-refractivity contribution in [2.24, 2.45) is 0 Å². The van der Waals surface area contributed by atoms with Gasteiger partial charge in [0.1, 0.15) is 89.6 Å². The summed E-state index contributed by atoms with van der Waals surface area (Å²) >= 11 is 0. The standard InChI is InChI=1S/C45H38B10N4O/c46-33-31(34(47)38(51)41(54)37(33)50)44-56-43(57-45(58-44)32-35(48)39(52)42(55)40(53)36(32)49)21-11-15-29-26(17-21)24-13-12-22(18-30(24)60-29)59-27-9-5-4-8-23(27)25-16-20(10-14-28(25)59)19-6-2-1-3-7-19/h1-18H,46-55H2. The molecule has 0 unspecified atom stereocenters. The minimum absolute atomic E-state index is 0.646. The predicted octanol–water partition coefficient (Wildman–Crippen LogP) is -5.88. The van der Waals surface area contributed by atoms with Gasteiger partial charge in [0.2, 0.25) is 0 Å². The molecule has 5 nitrogen and oxygen atoms in total. The zero-order chi connectivity index (χ0) is 41.7. The smallest absolute Gasteiger partial charge is 0.164 e. The van der Waals surface area contributed by atoms with Gasteiger partial charge in [-0.2, -0.15) is 0 Å². The van der Waals surface area contributed by atoms with Gasteiger partial charge in [0, 0.05) is 50.0 Å². The highest BCUT2D eigenvalue weighted by Crippen LogP contribution is 2.38. The number of benzene rings is 7. The Balaban J connectivity index is 1.15. The van der Waals surface area contributed by atoms with Crippen LogP contribution in [0.5, 0.6) is 0 Å². The van der Waals surface area contributed by atoms with Crippen molar-refractivity contribution in [3.8, 4) is 51.0 Å². The Kier molecular flexibility index (Phi) is 9.02. The lowest BCUT2D eigenvalue weighted by atomic mass is 9.60. The van der Waals surface area contributed by atoms with Gasteiger partial charge in [-0.25, -0.2) is 15.0 Å². The van der Waals surface area contributed by atoms with Crippen LogP contribution in [0.2, 0.25) is 0 Å². The molecule has 0 aliphatic rings. The maximum Gasteiger partial charge on any atom is 0.164 e. The van der Waals surface area contributed by atoms with Gasteiger partial charge in [0.25, 0.3) is 0 Å². The van der Waals surface area contributed by atoms with Crippen LogP contribution >= 0.6 is 0 Å². The van der Waals surface area contributed by atoms with E-state index in [9.17, 15) is 0 Å². The Labute approximate surface area is 359 Å². The number of hydrogen-bond acceptors (Lipinski definition) is 4. The molecule has 0 fully saturated rings. The second-order valence-electron chi connectivity index (χ2n) is 16.8. The molecule has 0 atom stereocenters. The summed E-state index contributed by atoms with van der Waals surface area (Å²) in [7, 11) is 22.0. The average molecular weight is 759 g/mol. The van der Waals surface area contributed by atoms with E-state index in [1.54, 1.807) is 0 Å². The van der Waals surface area contributed by atoms with Crippen molar-refractivity contribution in [2.45, 2.75) is 0 Å². The zero-order valence-corrected chi connectivity index (χ0v) is 36.1. The number of hydrogen-bond donors (Lipinski definition) is 0. The van der Waals surface area contributed by atoms with Crippen molar-refractivity contribution in [1.29, 1.82) is 0 Å². The van der Waals surface area contributed by atoms with Gasteiger partial charge in [0.05, 0.1) is 11.0 Å². The number of para-hydroxylation sites is 1. The Hall–Kier alpha value is -6.20. The lowest BCUT2D eigenvalue weighted by molar-refractivity contribution is 0.668. The van der Waals surface area contributed by atoms with Crippen molar-refractivity contribution in [3.05, 3.63) is 109 Å². The lowest BCUT2D eigenvalue weighted by Gasteiger charge is -2.22. The highest BCUT2D eigenvalue weighted by molar-refractivity contribution is 6.70. The summed E-state index contributed by atoms with van der Waals surface area (Å²) in [4.78, 5) is 15.9. The van der Waals surface area contributed by atoms with Crippen LogP contribution in [-0.4, -0.2) is 98.0 Å². The summed E-state index contributed by atoms with van der Waals surface area (Å²) in [6.07, 6.45) is 0. The Bertz CT molecular complexity index is 3310. The second-order valence-corrected chi connectivity index (χ2v) is 16.8. The molecule has 3 heterocycles. The first kappa shape index (κ1) is 38.0. The lowest BCUT2D eigenvalue weighted by Crippen LogP contribution is -2.55. The maximum atomic E-state index is 6.64. The molecule has 3 aromatic heterocycles. The Morgan fingerprint density at radius 3 is 1.50 bits per heavy atom. The SMILES string of the molecule is Bc1c(B)c(B)c(-c2nc(-c3ccc4oc5cc(-n6c7ccccc7c7cc(-c8ccccc8)ccc76)ccc5c4c3)nc(-c3c(B)c(B)c(B)c(B)c3B)n2)c(B)c1B. The third-order valence-corrected chi connectivity index (χ3v) is 13.8. The van der Waals surface area contributed by atoms with E-state index in [2.05, 4.69) is 192 Å². The van der Waals surface area contributed by atoms with Gasteiger partial charge in [-0.1, -0.05) is 76.4 Å². The molecule has 0 saturated carbocycles. The molecule has 15 heteroatoms. The fraction of sp³-hybridized carbons (Fsp3) is 0. The van der Waals surface area contributed by atoms with E-state index in [0.717, 1.165) is 55.3 Å². The summed E-state index contributed by atoms with van der Waals surface area (Å²) in [6.45, 7) is 0. The van der Waals surface area contributed by atoms with Gasteiger partial charge >= 0.3 is 0 Å². The van der Waals surface area contributed by atoms with E-state index >= 15 is 0 Å². The van der Waals surface area contributed by atoms with Crippen molar-refractivity contribution in [2.75, 3.05) is 0 Å². The quantitative estimate of drug-likeness (QED) is 0.165. The first-order valence-corrected chi connectivity index (χ1v) is 20.9. The molecule has 0 radical (unpaired) electrons. The summed E-state index contributed by atoms with van der Waals surface area (Å²) in [6, 6.07) is 38.9. The van der Waals surface area contributed by atoms with Gasteiger partial charge in [-0.05, 0) is 59.7 Å². The van der Waals surface area contributed by atoms with Crippen LogP contribution in [0, 0.1) is 0 Å². The zero-order valence-electron chi connectivity index (χ0n) is 36.1. The number of rotatable bonds is 5. The summed E-state index contributed by atoms with van der Waals surface area (Å²) in [5, 5.41) is 4.51. The summed E-state index contributed by atoms with van der Waals surface area (Å²) < 4.78 is 8.99. The van der Waals surface area contributed by atoms with E-state index in [4.69, 9.17) is 19.4 Å². The first-order chi connectivity index (χ1) is 28.9. The average Bonchev–Trinajstić information content (AvgIpc) is 3.81. The normalized spacial score (nSPS) is 11.7. The fourth-order valence-corrected chi connectivity index (χ4v) is 9.50. The molecule has 0 spiro atoms. The molecule has 0 aliphatic heterocycles. The first-order valence-electron chi connectivity index (χ1n) is 20.9. The monoisotopic (exact) mass is 760 g/mol. The molecular weight excluding hydrogens is 721 g/mol. The number of aromatic nitrogens is 4. The van der Waals surface area contributed by atoms with Crippen molar-refractivity contribution in [1.82, 2.24) is 19.5 Å². The van der Waals surface area contributed by atoms with E-state index in [1.165, 1.54) is 76.5 Å². The van der Waals surface area contributed by atoms with E-state index in [1.807, 2.05) is 0 Å².